The molecular weight excluding hydrogens is 422 g/mol. The molecule has 0 heterocycles. The predicted molar refractivity (Wildman–Crippen MR) is 131 cm³/mol. The molecule has 0 amide bonds. The fraction of sp³-hybridized carbons (Fsp3) is 0.586. The lowest BCUT2D eigenvalue weighted by molar-refractivity contribution is 0.224. The van der Waals surface area contributed by atoms with Gasteiger partial charge in [-0.2, -0.15) is 0 Å². The molecule has 2 fully saturated rings. The van der Waals surface area contributed by atoms with Crippen molar-refractivity contribution < 1.29 is 8.78 Å². The van der Waals surface area contributed by atoms with Gasteiger partial charge in [0.15, 0.2) is 0 Å². The number of halogens is 3. The van der Waals surface area contributed by atoms with Gasteiger partial charge in [-0.3, -0.25) is 0 Å². The highest BCUT2D eigenvalue weighted by Crippen LogP contribution is 2.40. The molecule has 0 aliphatic heterocycles. The van der Waals surface area contributed by atoms with E-state index in [0.717, 1.165) is 23.3 Å². The summed E-state index contributed by atoms with van der Waals surface area (Å²) in [5.41, 5.74) is 2.71. The molecular formula is C29H37ClF2. The van der Waals surface area contributed by atoms with Gasteiger partial charge in [0.2, 0.25) is 0 Å². The van der Waals surface area contributed by atoms with E-state index < -0.39 is 16.7 Å². The van der Waals surface area contributed by atoms with Gasteiger partial charge in [-0.1, -0.05) is 94.2 Å². The Morgan fingerprint density at radius 2 is 1.16 bits per heavy atom. The molecule has 2 aliphatic rings. The lowest BCUT2D eigenvalue weighted by Gasteiger charge is -2.32. The molecule has 2 aliphatic carbocycles. The van der Waals surface area contributed by atoms with E-state index in [1.54, 1.807) is 0 Å². The second-order valence-corrected chi connectivity index (χ2v) is 10.7. The summed E-state index contributed by atoms with van der Waals surface area (Å²) in [5.74, 6) is 2.09. The second kappa shape index (κ2) is 11.1. The SMILES string of the molecule is CCCC1CCC(CCC2CCC(c3ccc(-c4cc(F)c(Cl)c(F)c4)cc3)CC2)CC1. The van der Waals surface area contributed by atoms with Gasteiger partial charge in [0.1, 0.15) is 16.7 Å². The van der Waals surface area contributed by atoms with Crippen molar-refractivity contribution in [2.45, 2.75) is 89.9 Å². The van der Waals surface area contributed by atoms with Crippen LogP contribution >= 0.6 is 11.6 Å². The van der Waals surface area contributed by atoms with Gasteiger partial charge in [0.25, 0.3) is 0 Å². The van der Waals surface area contributed by atoms with Gasteiger partial charge >= 0.3 is 0 Å². The van der Waals surface area contributed by atoms with Crippen LogP contribution in [0.5, 0.6) is 0 Å². The van der Waals surface area contributed by atoms with E-state index in [0.29, 0.717) is 11.5 Å². The third kappa shape index (κ3) is 5.93. The first-order chi connectivity index (χ1) is 15.5. The van der Waals surface area contributed by atoms with Crippen LogP contribution in [0.2, 0.25) is 5.02 Å². The minimum absolute atomic E-state index is 0.439. The molecule has 4 rings (SSSR count). The Morgan fingerprint density at radius 1 is 0.688 bits per heavy atom. The normalized spacial score (nSPS) is 26.2. The van der Waals surface area contributed by atoms with Crippen LogP contribution in [0.25, 0.3) is 11.1 Å². The van der Waals surface area contributed by atoms with Crippen LogP contribution in [0.4, 0.5) is 8.78 Å². The summed E-state index contributed by atoms with van der Waals surface area (Å²) in [6.07, 6.45) is 16.7. The summed E-state index contributed by atoms with van der Waals surface area (Å²) in [6, 6.07) is 10.9. The Labute approximate surface area is 197 Å². The number of rotatable bonds is 7. The monoisotopic (exact) mass is 458 g/mol. The van der Waals surface area contributed by atoms with Crippen molar-refractivity contribution in [1.82, 2.24) is 0 Å². The molecule has 0 bridgehead atoms. The van der Waals surface area contributed by atoms with Crippen LogP contribution in [-0.4, -0.2) is 0 Å². The van der Waals surface area contributed by atoms with Crippen LogP contribution in [0.1, 0.15) is 95.5 Å². The first-order valence-electron chi connectivity index (χ1n) is 12.8. The molecule has 0 aromatic heterocycles. The molecule has 3 heteroatoms. The molecule has 0 N–H and O–H groups in total. The van der Waals surface area contributed by atoms with Gasteiger partial charge < -0.3 is 0 Å². The van der Waals surface area contributed by atoms with Crippen LogP contribution in [-0.2, 0) is 0 Å². The zero-order valence-electron chi connectivity index (χ0n) is 19.4. The Balaban J connectivity index is 1.24. The minimum atomic E-state index is -0.710. The van der Waals surface area contributed by atoms with Crippen LogP contribution in [0.3, 0.4) is 0 Å². The molecule has 0 atom stereocenters. The maximum absolute atomic E-state index is 13.8. The lowest BCUT2D eigenvalue weighted by Crippen LogP contribution is -2.17. The van der Waals surface area contributed by atoms with Crippen molar-refractivity contribution in [1.29, 1.82) is 0 Å². The van der Waals surface area contributed by atoms with E-state index in [1.807, 2.05) is 12.1 Å². The summed E-state index contributed by atoms with van der Waals surface area (Å²) >= 11 is 5.61. The van der Waals surface area contributed by atoms with Crippen molar-refractivity contribution in [2.24, 2.45) is 17.8 Å². The van der Waals surface area contributed by atoms with Crippen molar-refractivity contribution in [3.63, 3.8) is 0 Å². The molecule has 2 saturated carbocycles. The third-order valence-electron chi connectivity index (χ3n) is 8.19. The highest BCUT2D eigenvalue weighted by atomic mass is 35.5. The Morgan fingerprint density at radius 3 is 1.66 bits per heavy atom. The zero-order valence-corrected chi connectivity index (χ0v) is 20.1. The number of benzene rings is 2. The average Bonchev–Trinajstić information content (AvgIpc) is 2.82. The van der Waals surface area contributed by atoms with Crippen molar-refractivity contribution in [2.75, 3.05) is 0 Å². The van der Waals surface area contributed by atoms with Crippen molar-refractivity contribution in [3.05, 3.63) is 58.6 Å². The molecule has 0 unspecified atom stereocenters. The summed E-state index contributed by atoms with van der Waals surface area (Å²) < 4.78 is 27.6. The molecule has 0 radical (unpaired) electrons. The fourth-order valence-corrected chi connectivity index (χ4v) is 6.25. The molecule has 32 heavy (non-hydrogen) atoms. The molecule has 0 spiro atoms. The number of hydrogen-bond donors (Lipinski definition) is 0. The van der Waals surface area contributed by atoms with Crippen LogP contribution in [0, 0.1) is 29.4 Å². The average molecular weight is 459 g/mol. The van der Waals surface area contributed by atoms with E-state index in [-0.39, 0.29) is 0 Å². The quantitative estimate of drug-likeness (QED) is 0.362. The predicted octanol–water partition coefficient (Wildman–Crippen LogP) is 9.95. The first kappa shape index (κ1) is 23.7. The molecule has 2 aromatic carbocycles. The Kier molecular flexibility index (Phi) is 8.27. The van der Waals surface area contributed by atoms with Crippen molar-refractivity contribution >= 4 is 11.6 Å². The van der Waals surface area contributed by atoms with E-state index >= 15 is 0 Å². The summed E-state index contributed by atoms with van der Waals surface area (Å²) in [4.78, 5) is 0. The zero-order chi connectivity index (χ0) is 22.5. The smallest absolute Gasteiger partial charge is 0.145 e. The molecule has 0 nitrogen and oxygen atoms in total. The van der Waals surface area contributed by atoms with E-state index in [1.165, 1.54) is 94.7 Å². The van der Waals surface area contributed by atoms with Gasteiger partial charge in [-0.25, -0.2) is 8.78 Å². The van der Waals surface area contributed by atoms with Crippen LogP contribution in [0.15, 0.2) is 36.4 Å². The molecule has 2 aromatic rings. The van der Waals surface area contributed by atoms with E-state index in [4.69, 9.17) is 11.6 Å². The topological polar surface area (TPSA) is 0 Å². The second-order valence-electron chi connectivity index (χ2n) is 10.3. The van der Waals surface area contributed by atoms with E-state index in [9.17, 15) is 8.78 Å². The largest absolute Gasteiger partial charge is 0.205 e. The maximum Gasteiger partial charge on any atom is 0.145 e. The molecule has 174 valence electrons. The van der Waals surface area contributed by atoms with Gasteiger partial charge in [-0.15, -0.1) is 0 Å². The maximum atomic E-state index is 13.8. The van der Waals surface area contributed by atoms with Crippen LogP contribution < -0.4 is 0 Å². The summed E-state index contributed by atoms with van der Waals surface area (Å²) in [6.45, 7) is 2.32. The summed E-state index contributed by atoms with van der Waals surface area (Å²) in [5, 5.41) is -0.439. The Hall–Kier alpha value is -1.41. The van der Waals surface area contributed by atoms with E-state index in [2.05, 4.69) is 19.1 Å². The number of hydrogen-bond acceptors (Lipinski definition) is 0. The fourth-order valence-electron chi connectivity index (χ4n) is 6.14. The van der Waals surface area contributed by atoms with Gasteiger partial charge in [0, 0.05) is 0 Å². The lowest BCUT2D eigenvalue weighted by atomic mass is 9.74. The van der Waals surface area contributed by atoms with Gasteiger partial charge in [0.05, 0.1) is 0 Å². The highest BCUT2D eigenvalue weighted by Gasteiger charge is 2.25. The first-order valence-corrected chi connectivity index (χ1v) is 13.2. The Bertz CT molecular complexity index is 836. The summed E-state index contributed by atoms with van der Waals surface area (Å²) in [7, 11) is 0. The molecule has 0 saturated heterocycles. The standard InChI is InChI=1S/C29H37ClF2/c1-2-3-20-4-6-21(7-5-20)8-9-22-10-12-23(13-11-22)24-14-16-25(17-15-24)26-18-27(31)29(30)28(32)19-26/h14-23H,2-13H2,1H3. The van der Waals surface area contributed by atoms with Gasteiger partial charge in [-0.05, 0) is 78.2 Å². The minimum Gasteiger partial charge on any atom is -0.205 e. The third-order valence-corrected chi connectivity index (χ3v) is 8.55. The van der Waals surface area contributed by atoms with Crippen molar-refractivity contribution in [3.8, 4) is 11.1 Å². The highest BCUT2D eigenvalue weighted by molar-refractivity contribution is 6.31.